The third-order valence-corrected chi connectivity index (χ3v) is 4.71. The van der Waals surface area contributed by atoms with Crippen molar-refractivity contribution in [3.63, 3.8) is 0 Å². The molecule has 2 atom stereocenters. The van der Waals surface area contributed by atoms with Crippen LogP contribution in [0.1, 0.15) is 0 Å². The van der Waals surface area contributed by atoms with E-state index in [1.165, 1.54) is 12.2 Å². The molecule has 0 bridgehead atoms. The van der Waals surface area contributed by atoms with Crippen LogP contribution < -0.4 is 0 Å². The fraction of sp³-hybridized carbons (Fsp3) is 0.333. The summed E-state index contributed by atoms with van der Waals surface area (Å²) in [6.07, 6.45) is 2.43. The van der Waals surface area contributed by atoms with Crippen molar-refractivity contribution < 1.29 is 34.1 Å². The maximum atomic E-state index is 11.8. The molecule has 2 unspecified atom stereocenters. The number of carboxylic acid groups (broad SMARTS) is 2. The third kappa shape index (κ3) is 0.731. The highest BCUT2D eigenvalue weighted by molar-refractivity contribution is 6.16. The fourth-order valence-corrected chi connectivity index (χ4v) is 4.04. The van der Waals surface area contributed by atoms with E-state index in [0.29, 0.717) is 0 Å². The number of esters is 2. The van der Waals surface area contributed by atoms with Crippen LogP contribution in [0.5, 0.6) is 0 Å². The summed E-state index contributed by atoms with van der Waals surface area (Å²) in [5, 5.41) is 18.2. The summed E-state index contributed by atoms with van der Waals surface area (Å²) in [4.78, 5) is 45.9. The number of aliphatic carboxylic acids is 2. The van der Waals surface area contributed by atoms with Crippen LogP contribution in [0.4, 0.5) is 0 Å². The topological polar surface area (TPSA) is 118 Å². The second-order valence-electron chi connectivity index (χ2n) is 5.18. The van der Waals surface area contributed by atoms with Gasteiger partial charge in [0, 0.05) is 23.0 Å². The van der Waals surface area contributed by atoms with Crippen LogP contribution in [-0.4, -0.2) is 34.1 Å². The highest BCUT2D eigenvalue weighted by atomic mass is 16.6. The number of hydrogen-bond acceptors (Lipinski definition) is 5. The minimum absolute atomic E-state index is 0.140. The minimum Gasteiger partial charge on any atom is -0.478 e. The van der Waals surface area contributed by atoms with Gasteiger partial charge >= 0.3 is 23.9 Å². The zero-order valence-electron chi connectivity index (χ0n) is 9.25. The first-order chi connectivity index (χ1) is 8.88. The van der Waals surface area contributed by atoms with Gasteiger partial charge in [-0.3, -0.25) is 9.59 Å². The molecule has 96 valence electrons. The zero-order valence-corrected chi connectivity index (χ0v) is 9.25. The van der Waals surface area contributed by atoms with Crippen molar-refractivity contribution in [1.29, 1.82) is 0 Å². The second-order valence-corrected chi connectivity index (χ2v) is 5.18. The minimum atomic E-state index is -1.28. The van der Waals surface area contributed by atoms with Crippen LogP contribution in [0.2, 0.25) is 0 Å². The Bertz CT molecular complexity index is 628. The summed E-state index contributed by atoms with van der Waals surface area (Å²) in [6, 6.07) is 0. The molecule has 4 rings (SSSR count). The molecule has 0 aromatic carbocycles. The predicted molar refractivity (Wildman–Crippen MR) is 54.4 cm³/mol. The van der Waals surface area contributed by atoms with Gasteiger partial charge < -0.3 is 14.9 Å². The van der Waals surface area contributed by atoms with Gasteiger partial charge in [0.15, 0.2) is 0 Å². The Kier molecular flexibility index (Phi) is 1.36. The van der Waals surface area contributed by atoms with E-state index >= 15 is 0 Å². The molecule has 1 aliphatic heterocycles. The quantitative estimate of drug-likeness (QED) is 0.500. The summed E-state index contributed by atoms with van der Waals surface area (Å²) in [6.45, 7) is 0. The smallest absolute Gasteiger partial charge is 0.331 e. The first kappa shape index (κ1) is 10.5. The normalized spacial score (nSPS) is 44.2. The molecular formula is C12H6O7. The van der Waals surface area contributed by atoms with Gasteiger partial charge in [-0.05, 0) is 0 Å². The van der Waals surface area contributed by atoms with Crippen molar-refractivity contribution in [3.8, 4) is 0 Å². The standard InChI is InChI=1S/C12H6O7/c13-7(14)3-1-11-6-5(3)4(8(15)16)2-12(6,11)10(18)19-9(11)17/h1-2,5-6H,(H,13,14)(H,15,16). The number of cyclic esters (lactones) is 2. The Hall–Kier alpha value is -2.44. The maximum absolute atomic E-state index is 11.8. The van der Waals surface area contributed by atoms with E-state index in [0.717, 1.165) is 0 Å². The van der Waals surface area contributed by atoms with Gasteiger partial charge in [-0.15, -0.1) is 0 Å². The van der Waals surface area contributed by atoms with Crippen LogP contribution in [0, 0.1) is 22.7 Å². The lowest BCUT2D eigenvalue weighted by molar-refractivity contribution is -0.158. The van der Waals surface area contributed by atoms with Gasteiger partial charge in [0.05, 0.1) is 0 Å². The summed E-state index contributed by atoms with van der Waals surface area (Å²) in [7, 11) is 0. The molecule has 2 fully saturated rings. The largest absolute Gasteiger partial charge is 0.478 e. The Labute approximate surface area is 105 Å². The van der Waals surface area contributed by atoms with Crippen molar-refractivity contribution in [2.75, 3.05) is 0 Å². The molecule has 0 aromatic heterocycles. The summed E-state index contributed by atoms with van der Waals surface area (Å²) < 4.78 is 4.55. The molecule has 0 radical (unpaired) electrons. The summed E-state index contributed by atoms with van der Waals surface area (Å²) in [5.41, 5.74) is -2.83. The molecule has 1 saturated carbocycles. The van der Waals surface area contributed by atoms with E-state index in [-0.39, 0.29) is 11.1 Å². The summed E-state index contributed by atoms with van der Waals surface area (Å²) >= 11 is 0. The van der Waals surface area contributed by atoms with E-state index in [2.05, 4.69) is 4.74 Å². The van der Waals surface area contributed by atoms with E-state index in [1.54, 1.807) is 0 Å². The molecule has 4 aliphatic rings. The predicted octanol–water partition coefficient (Wildman–Crippen LogP) is -0.662. The second kappa shape index (κ2) is 2.47. The highest BCUT2D eigenvalue weighted by Crippen LogP contribution is 2.85. The Balaban J connectivity index is 1.99. The Morgan fingerprint density at radius 2 is 1.42 bits per heavy atom. The lowest BCUT2D eigenvalue weighted by atomic mass is 9.92. The Morgan fingerprint density at radius 1 is 1.00 bits per heavy atom. The molecule has 2 spiro atoms. The molecule has 3 aliphatic carbocycles. The average Bonchev–Trinajstić information content (AvgIpc) is 2.59. The van der Waals surface area contributed by atoms with Crippen LogP contribution in [0.25, 0.3) is 0 Å². The lowest BCUT2D eigenvalue weighted by Gasteiger charge is -2.12. The monoisotopic (exact) mass is 262 g/mol. The molecule has 0 amide bonds. The number of carbonyl (C=O) groups is 4. The molecule has 1 heterocycles. The van der Waals surface area contributed by atoms with E-state index < -0.39 is 46.5 Å². The fourth-order valence-electron chi connectivity index (χ4n) is 4.04. The van der Waals surface area contributed by atoms with Gasteiger partial charge in [0.1, 0.15) is 10.8 Å². The first-order valence-electron chi connectivity index (χ1n) is 5.56. The van der Waals surface area contributed by atoms with Crippen molar-refractivity contribution >= 4 is 23.9 Å². The lowest BCUT2D eigenvalue weighted by Crippen LogP contribution is -2.21. The SMILES string of the molecule is O=C(O)C1=CC23C(=O)OC(=O)C24C=C(C(=O)O)C1C34. The van der Waals surface area contributed by atoms with Gasteiger partial charge in [0.25, 0.3) is 0 Å². The molecule has 7 heteroatoms. The van der Waals surface area contributed by atoms with Crippen molar-refractivity contribution in [1.82, 2.24) is 0 Å². The van der Waals surface area contributed by atoms with Crippen molar-refractivity contribution in [3.05, 3.63) is 23.3 Å². The van der Waals surface area contributed by atoms with Gasteiger partial charge in [-0.25, -0.2) is 9.59 Å². The third-order valence-electron chi connectivity index (χ3n) is 4.71. The molecule has 1 saturated heterocycles. The molecule has 2 N–H and O–H groups in total. The van der Waals surface area contributed by atoms with Gasteiger partial charge in [-0.1, -0.05) is 12.2 Å². The van der Waals surface area contributed by atoms with Crippen molar-refractivity contribution in [2.45, 2.75) is 0 Å². The average molecular weight is 262 g/mol. The Morgan fingerprint density at radius 3 is 1.79 bits per heavy atom. The molecular weight excluding hydrogens is 256 g/mol. The molecule has 0 aromatic rings. The number of rotatable bonds is 2. The van der Waals surface area contributed by atoms with E-state index in [4.69, 9.17) is 10.2 Å². The first-order valence-corrected chi connectivity index (χ1v) is 5.56. The van der Waals surface area contributed by atoms with Gasteiger partial charge in [-0.2, -0.15) is 0 Å². The zero-order chi connectivity index (χ0) is 13.7. The van der Waals surface area contributed by atoms with E-state index in [1.807, 2.05) is 0 Å². The number of carbonyl (C=O) groups excluding carboxylic acids is 2. The van der Waals surface area contributed by atoms with E-state index in [9.17, 15) is 19.2 Å². The van der Waals surface area contributed by atoms with Crippen LogP contribution in [0.3, 0.4) is 0 Å². The number of ether oxygens (including phenoxy) is 1. The molecule has 7 nitrogen and oxygen atoms in total. The summed E-state index contributed by atoms with van der Waals surface area (Å²) in [5.74, 6) is -5.64. The van der Waals surface area contributed by atoms with Crippen LogP contribution >= 0.6 is 0 Å². The number of carboxylic acids is 2. The van der Waals surface area contributed by atoms with Crippen LogP contribution in [0.15, 0.2) is 23.3 Å². The molecule has 19 heavy (non-hydrogen) atoms. The van der Waals surface area contributed by atoms with Crippen LogP contribution in [-0.2, 0) is 23.9 Å². The van der Waals surface area contributed by atoms with Gasteiger partial charge in [0.2, 0.25) is 0 Å². The number of hydrogen-bond donors (Lipinski definition) is 2. The highest BCUT2D eigenvalue weighted by Gasteiger charge is 2.94. The van der Waals surface area contributed by atoms with Crippen molar-refractivity contribution in [2.24, 2.45) is 22.7 Å². The maximum Gasteiger partial charge on any atom is 0.331 e.